The van der Waals surface area contributed by atoms with E-state index in [-0.39, 0.29) is 11.3 Å². The van der Waals surface area contributed by atoms with Crippen LogP contribution in [0.1, 0.15) is 37.3 Å². The van der Waals surface area contributed by atoms with Gasteiger partial charge in [0.2, 0.25) is 0 Å². The summed E-state index contributed by atoms with van der Waals surface area (Å²) >= 11 is 0. The fraction of sp³-hybridized carbons (Fsp3) is 0.259. The molecule has 2 saturated heterocycles. The van der Waals surface area contributed by atoms with Crippen molar-refractivity contribution >= 4 is 16.7 Å². The van der Waals surface area contributed by atoms with E-state index in [1.165, 1.54) is 12.8 Å². The van der Waals surface area contributed by atoms with Crippen LogP contribution in [0.15, 0.2) is 71.9 Å². The fourth-order valence-electron chi connectivity index (χ4n) is 5.78. The Morgan fingerprint density at radius 3 is 2.50 bits per heavy atom. The molecule has 6 heterocycles. The second kappa shape index (κ2) is 7.60. The van der Waals surface area contributed by atoms with Crippen molar-refractivity contribution in [2.24, 2.45) is 0 Å². The number of aromatic nitrogens is 5. The molecule has 2 aliphatic rings. The standard InChI is InChI=1S/C27H24N6O/c34-23-10-11-28-27-24(23)25(18-12-19-7-8-20(13-18)31-19)32-26-21(15-30-33(26)27)17-6-9-22(29-14-17)16-4-2-1-3-5-16/h1-6,9-11,14-15,18-20,31H,7-8,12-13H2,(H,28,34). The summed E-state index contributed by atoms with van der Waals surface area (Å²) in [5.41, 5.74) is 6.23. The van der Waals surface area contributed by atoms with Gasteiger partial charge in [0.1, 0.15) is 5.65 Å². The summed E-state index contributed by atoms with van der Waals surface area (Å²) < 4.78 is 1.76. The first-order chi connectivity index (χ1) is 16.7. The normalized spacial score (nSPS) is 21.9. The van der Waals surface area contributed by atoms with Gasteiger partial charge in [-0.3, -0.25) is 9.78 Å². The number of nitrogens with zero attached hydrogens (tertiary/aromatic N) is 4. The molecule has 2 aliphatic heterocycles. The Bertz CT molecular complexity index is 1560. The molecule has 5 aromatic rings. The molecule has 0 aliphatic carbocycles. The third-order valence-electron chi connectivity index (χ3n) is 7.38. The summed E-state index contributed by atoms with van der Waals surface area (Å²) in [6.45, 7) is 0. The average molecular weight is 449 g/mol. The first-order valence-corrected chi connectivity index (χ1v) is 11.9. The van der Waals surface area contributed by atoms with Crippen molar-refractivity contribution in [3.63, 3.8) is 0 Å². The lowest BCUT2D eigenvalue weighted by molar-refractivity contribution is 0.360. The van der Waals surface area contributed by atoms with E-state index < -0.39 is 0 Å². The SMILES string of the molecule is O=c1cc[nH]c2c1c(C1CC3CCC(C1)N3)nc1c(-c3ccc(-c4ccccc4)nc3)cnn12. The highest BCUT2D eigenvalue weighted by Crippen LogP contribution is 2.39. The lowest BCUT2D eigenvalue weighted by Crippen LogP contribution is -2.37. The smallest absolute Gasteiger partial charge is 0.192 e. The molecule has 7 heteroatoms. The van der Waals surface area contributed by atoms with Crippen LogP contribution in [0.3, 0.4) is 0 Å². The maximum Gasteiger partial charge on any atom is 0.192 e. The third kappa shape index (κ3) is 3.08. The predicted molar refractivity (Wildman–Crippen MR) is 132 cm³/mol. The summed E-state index contributed by atoms with van der Waals surface area (Å²) in [7, 11) is 0. The van der Waals surface area contributed by atoms with Crippen LogP contribution in [0.4, 0.5) is 0 Å². The lowest BCUT2D eigenvalue weighted by Gasteiger charge is -2.29. The molecule has 4 aromatic heterocycles. The molecule has 34 heavy (non-hydrogen) atoms. The van der Waals surface area contributed by atoms with Crippen molar-refractivity contribution in [1.29, 1.82) is 0 Å². The Morgan fingerprint density at radius 2 is 1.74 bits per heavy atom. The van der Waals surface area contributed by atoms with E-state index in [4.69, 9.17) is 9.97 Å². The van der Waals surface area contributed by atoms with Crippen molar-refractivity contribution in [3.05, 3.63) is 83.0 Å². The van der Waals surface area contributed by atoms with E-state index in [0.29, 0.717) is 23.1 Å². The highest BCUT2D eigenvalue weighted by Gasteiger charge is 2.36. The molecule has 1 aromatic carbocycles. The molecule has 0 spiro atoms. The van der Waals surface area contributed by atoms with Gasteiger partial charge in [-0.2, -0.15) is 9.61 Å². The van der Waals surface area contributed by atoms with Gasteiger partial charge >= 0.3 is 0 Å². The monoisotopic (exact) mass is 448 g/mol. The van der Waals surface area contributed by atoms with Gasteiger partial charge in [-0.25, -0.2) is 4.98 Å². The highest BCUT2D eigenvalue weighted by atomic mass is 16.1. The second-order valence-electron chi connectivity index (χ2n) is 9.46. The number of pyridine rings is 2. The zero-order chi connectivity index (χ0) is 22.6. The number of H-pyrrole nitrogens is 1. The molecule has 7 nitrogen and oxygen atoms in total. The van der Waals surface area contributed by atoms with Gasteiger partial charge in [-0.05, 0) is 31.7 Å². The van der Waals surface area contributed by atoms with Crippen LogP contribution < -0.4 is 10.7 Å². The quantitative estimate of drug-likeness (QED) is 0.430. The van der Waals surface area contributed by atoms with Gasteiger partial charge in [0.15, 0.2) is 11.1 Å². The zero-order valence-electron chi connectivity index (χ0n) is 18.6. The molecule has 0 saturated carbocycles. The minimum absolute atomic E-state index is 0.00467. The number of piperidine rings is 1. The molecule has 7 rings (SSSR count). The maximum atomic E-state index is 13.0. The van der Waals surface area contributed by atoms with E-state index in [0.717, 1.165) is 46.6 Å². The maximum absolute atomic E-state index is 13.0. The molecular weight excluding hydrogens is 424 g/mol. The van der Waals surface area contributed by atoms with Gasteiger partial charge in [-0.1, -0.05) is 36.4 Å². The van der Waals surface area contributed by atoms with E-state index in [1.807, 2.05) is 36.7 Å². The van der Waals surface area contributed by atoms with Crippen LogP contribution in [0.5, 0.6) is 0 Å². The van der Waals surface area contributed by atoms with Crippen molar-refractivity contribution < 1.29 is 0 Å². The Kier molecular flexibility index (Phi) is 4.38. The molecular formula is C27H24N6O. The molecule has 168 valence electrons. The first-order valence-electron chi connectivity index (χ1n) is 11.9. The number of rotatable bonds is 3. The largest absolute Gasteiger partial charge is 0.346 e. The number of hydrogen-bond acceptors (Lipinski definition) is 5. The molecule has 2 unspecified atom stereocenters. The highest BCUT2D eigenvalue weighted by molar-refractivity contribution is 5.86. The van der Waals surface area contributed by atoms with Crippen LogP contribution in [-0.2, 0) is 0 Å². The number of aromatic amines is 1. The molecule has 2 atom stereocenters. The van der Waals surface area contributed by atoms with Crippen LogP contribution in [-0.4, -0.2) is 36.6 Å². The van der Waals surface area contributed by atoms with E-state index in [1.54, 1.807) is 16.8 Å². The second-order valence-corrected chi connectivity index (χ2v) is 9.46. The lowest BCUT2D eigenvalue weighted by atomic mass is 9.88. The predicted octanol–water partition coefficient (Wildman–Crippen LogP) is 4.30. The number of hydrogen-bond donors (Lipinski definition) is 2. The van der Waals surface area contributed by atoms with Crippen LogP contribution in [0.2, 0.25) is 0 Å². The van der Waals surface area contributed by atoms with Gasteiger partial charge < -0.3 is 10.3 Å². The number of fused-ring (bicyclic) bond motifs is 5. The van der Waals surface area contributed by atoms with Gasteiger partial charge in [0.25, 0.3) is 0 Å². The average Bonchev–Trinajstić information content (AvgIpc) is 3.46. The Labute approximate surface area is 195 Å². The Hall–Kier alpha value is -3.84. The molecule has 0 amide bonds. The molecule has 2 fully saturated rings. The fourth-order valence-corrected chi connectivity index (χ4v) is 5.78. The summed E-state index contributed by atoms with van der Waals surface area (Å²) in [4.78, 5) is 26.1. The van der Waals surface area contributed by atoms with Crippen molar-refractivity contribution in [2.45, 2.75) is 43.7 Å². The summed E-state index contributed by atoms with van der Waals surface area (Å²) in [6.07, 6.45) is 9.83. The van der Waals surface area contributed by atoms with E-state index in [2.05, 4.69) is 33.6 Å². The zero-order valence-corrected chi connectivity index (χ0v) is 18.6. The minimum Gasteiger partial charge on any atom is -0.346 e. The van der Waals surface area contributed by atoms with Gasteiger partial charge in [-0.15, -0.1) is 0 Å². The summed E-state index contributed by atoms with van der Waals surface area (Å²) in [5.74, 6) is 0.260. The minimum atomic E-state index is -0.00467. The van der Waals surface area contributed by atoms with E-state index >= 15 is 0 Å². The summed E-state index contributed by atoms with van der Waals surface area (Å²) in [6, 6.07) is 16.9. The third-order valence-corrected chi connectivity index (χ3v) is 7.38. The van der Waals surface area contributed by atoms with Crippen molar-refractivity contribution in [1.82, 2.24) is 29.9 Å². The van der Waals surface area contributed by atoms with Crippen molar-refractivity contribution in [3.8, 4) is 22.4 Å². The molecule has 2 bridgehead atoms. The molecule has 0 radical (unpaired) electrons. The van der Waals surface area contributed by atoms with Crippen molar-refractivity contribution in [2.75, 3.05) is 0 Å². The number of benzene rings is 1. The van der Waals surface area contributed by atoms with Crippen LogP contribution in [0, 0.1) is 0 Å². The molecule has 2 N–H and O–H groups in total. The van der Waals surface area contributed by atoms with Crippen LogP contribution in [0.25, 0.3) is 39.1 Å². The van der Waals surface area contributed by atoms with E-state index in [9.17, 15) is 4.79 Å². The van der Waals surface area contributed by atoms with Crippen LogP contribution >= 0.6 is 0 Å². The first kappa shape index (κ1) is 19.6. The van der Waals surface area contributed by atoms with Gasteiger partial charge in [0, 0.05) is 53.2 Å². The topological polar surface area (TPSA) is 88.0 Å². The Balaban J connectivity index is 1.39. The Morgan fingerprint density at radius 1 is 0.912 bits per heavy atom. The number of nitrogens with one attached hydrogen (secondary N) is 2. The van der Waals surface area contributed by atoms with Gasteiger partial charge in [0.05, 0.1) is 23.0 Å². The summed E-state index contributed by atoms with van der Waals surface area (Å²) in [5, 5.41) is 8.98.